The molecule has 0 spiro atoms. The van der Waals surface area contributed by atoms with Gasteiger partial charge in [-0.3, -0.25) is 0 Å². The second kappa shape index (κ2) is 5.25. The summed E-state index contributed by atoms with van der Waals surface area (Å²) in [4.78, 5) is 0. The highest BCUT2D eigenvalue weighted by Gasteiger charge is 2.30. The summed E-state index contributed by atoms with van der Waals surface area (Å²) in [6.45, 7) is 1.59. The van der Waals surface area contributed by atoms with Crippen molar-refractivity contribution in [3.63, 3.8) is 0 Å². The Bertz CT molecular complexity index is 389. The largest absolute Gasteiger partial charge is 0.495 e. The number of halogens is 1. The lowest BCUT2D eigenvalue weighted by Gasteiger charge is -2.21. The van der Waals surface area contributed by atoms with E-state index in [9.17, 15) is 5.11 Å². The fourth-order valence-electron chi connectivity index (χ4n) is 2.19. The van der Waals surface area contributed by atoms with Gasteiger partial charge < -0.3 is 15.2 Å². The number of methoxy groups -OCH3 is 1. The van der Waals surface area contributed by atoms with E-state index >= 15 is 0 Å². The van der Waals surface area contributed by atoms with E-state index in [1.807, 2.05) is 18.2 Å². The molecule has 0 amide bonds. The number of β-amino-alcohol motifs (C(OH)–C–C–N with tert-alkyl or cyclic N) is 1. The molecule has 1 aromatic rings. The van der Waals surface area contributed by atoms with Crippen molar-refractivity contribution in [2.75, 3.05) is 20.2 Å². The molecule has 0 saturated carbocycles. The maximum Gasteiger partial charge on any atom is 0.137 e. The van der Waals surface area contributed by atoms with Crippen molar-refractivity contribution in [3.05, 3.63) is 28.8 Å². The molecule has 0 aliphatic carbocycles. The normalized spacial score (nSPS) is 23.9. The summed E-state index contributed by atoms with van der Waals surface area (Å²) in [6, 6.07) is 5.77. The minimum absolute atomic E-state index is 0.549. The van der Waals surface area contributed by atoms with Crippen LogP contribution in [0.3, 0.4) is 0 Å². The first-order chi connectivity index (χ1) is 8.13. The smallest absolute Gasteiger partial charge is 0.137 e. The second-order valence-electron chi connectivity index (χ2n) is 4.62. The zero-order valence-electron chi connectivity index (χ0n) is 10.0. The zero-order valence-corrected chi connectivity index (χ0v) is 10.8. The molecule has 2 rings (SSSR count). The van der Waals surface area contributed by atoms with E-state index < -0.39 is 5.60 Å². The first-order valence-corrected chi connectivity index (χ1v) is 6.26. The molecule has 1 heterocycles. The van der Waals surface area contributed by atoms with Crippen molar-refractivity contribution in [1.82, 2.24) is 5.32 Å². The Kier molecular flexibility index (Phi) is 3.92. The number of aryl methyl sites for hydroxylation is 1. The Balaban J connectivity index is 1.97. The molecule has 0 bridgehead atoms. The number of ether oxygens (including phenoxy) is 1. The van der Waals surface area contributed by atoms with Crippen LogP contribution in [0.5, 0.6) is 5.75 Å². The monoisotopic (exact) mass is 255 g/mol. The van der Waals surface area contributed by atoms with E-state index in [0.717, 1.165) is 31.4 Å². The van der Waals surface area contributed by atoms with Crippen LogP contribution < -0.4 is 10.1 Å². The quantitative estimate of drug-likeness (QED) is 0.865. The third-order valence-corrected chi connectivity index (χ3v) is 3.61. The number of nitrogens with one attached hydrogen (secondary N) is 1. The molecule has 1 aromatic carbocycles. The Morgan fingerprint density at radius 3 is 2.94 bits per heavy atom. The van der Waals surface area contributed by atoms with Crippen LogP contribution in [0.2, 0.25) is 5.02 Å². The molecular weight excluding hydrogens is 238 g/mol. The molecule has 17 heavy (non-hydrogen) atoms. The molecule has 94 valence electrons. The number of aliphatic hydroxyl groups is 1. The zero-order chi connectivity index (χ0) is 12.3. The average molecular weight is 256 g/mol. The summed E-state index contributed by atoms with van der Waals surface area (Å²) in [6.07, 6.45) is 2.43. The molecule has 1 unspecified atom stereocenters. The highest BCUT2D eigenvalue weighted by Crippen LogP contribution is 2.27. The minimum atomic E-state index is -0.549. The maximum absolute atomic E-state index is 10.2. The van der Waals surface area contributed by atoms with Crippen molar-refractivity contribution >= 4 is 11.6 Å². The molecule has 1 fully saturated rings. The highest BCUT2D eigenvalue weighted by atomic mass is 35.5. The van der Waals surface area contributed by atoms with Gasteiger partial charge in [-0.2, -0.15) is 0 Å². The van der Waals surface area contributed by atoms with Crippen LogP contribution in [-0.4, -0.2) is 30.9 Å². The van der Waals surface area contributed by atoms with Gasteiger partial charge in [0, 0.05) is 6.54 Å². The van der Waals surface area contributed by atoms with Crippen LogP contribution in [0.15, 0.2) is 18.2 Å². The summed E-state index contributed by atoms with van der Waals surface area (Å²) in [5, 5.41) is 14.0. The molecular formula is C13H18ClNO2. The van der Waals surface area contributed by atoms with Crippen LogP contribution in [-0.2, 0) is 6.42 Å². The topological polar surface area (TPSA) is 41.5 Å². The fraction of sp³-hybridized carbons (Fsp3) is 0.538. The molecule has 1 aliphatic heterocycles. The first-order valence-electron chi connectivity index (χ1n) is 5.88. The van der Waals surface area contributed by atoms with Crippen molar-refractivity contribution in [1.29, 1.82) is 0 Å². The lowest BCUT2D eigenvalue weighted by molar-refractivity contribution is 0.0526. The van der Waals surface area contributed by atoms with Gasteiger partial charge in [-0.25, -0.2) is 0 Å². The van der Waals surface area contributed by atoms with Crippen LogP contribution in [0.4, 0.5) is 0 Å². The average Bonchev–Trinajstić information content (AvgIpc) is 2.74. The summed E-state index contributed by atoms with van der Waals surface area (Å²) in [7, 11) is 1.60. The molecule has 4 heteroatoms. The van der Waals surface area contributed by atoms with E-state index in [1.54, 1.807) is 7.11 Å². The Morgan fingerprint density at radius 2 is 2.35 bits per heavy atom. The van der Waals surface area contributed by atoms with Gasteiger partial charge in [0.15, 0.2) is 0 Å². The van der Waals surface area contributed by atoms with Crippen LogP contribution >= 0.6 is 11.6 Å². The summed E-state index contributed by atoms with van der Waals surface area (Å²) >= 11 is 6.06. The van der Waals surface area contributed by atoms with E-state index in [-0.39, 0.29) is 0 Å². The van der Waals surface area contributed by atoms with Gasteiger partial charge in [-0.05, 0) is 43.5 Å². The van der Waals surface area contributed by atoms with Crippen molar-refractivity contribution < 1.29 is 9.84 Å². The Labute approximate surface area is 107 Å². The summed E-state index contributed by atoms with van der Waals surface area (Å²) in [5.74, 6) is 0.691. The number of hydrogen-bond donors (Lipinski definition) is 2. The number of rotatable bonds is 4. The first kappa shape index (κ1) is 12.7. The number of hydrogen-bond acceptors (Lipinski definition) is 3. The van der Waals surface area contributed by atoms with Crippen LogP contribution in [0.1, 0.15) is 18.4 Å². The van der Waals surface area contributed by atoms with Gasteiger partial charge in [0.2, 0.25) is 0 Å². The predicted octanol–water partition coefficient (Wildman–Crippen LogP) is 2.01. The van der Waals surface area contributed by atoms with Crippen molar-refractivity contribution in [3.8, 4) is 5.75 Å². The molecule has 1 saturated heterocycles. The Morgan fingerprint density at radius 1 is 1.53 bits per heavy atom. The highest BCUT2D eigenvalue weighted by molar-refractivity contribution is 6.32. The van der Waals surface area contributed by atoms with E-state index in [1.165, 1.54) is 0 Å². The van der Waals surface area contributed by atoms with E-state index in [2.05, 4.69) is 5.32 Å². The minimum Gasteiger partial charge on any atom is -0.495 e. The van der Waals surface area contributed by atoms with Gasteiger partial charge in [-0.15, -0.1) is 0 Å². The third kappa shape index (κ3) is 3.12. The molecule has 0 radical (unpaired) electrons. The van der Waals surface area contributed by atoms with Crippen LogP contribution in [0.25, 0.3) is 0 Å². The molecule has 1 aliphatic rings. The van der Waals surface area contributed by atoms with Crippen LogP contribution in [0, 0.1) is 0 Å². The van der Waals surface area contributed by atoms with Crippen molar-refractivity contribution in [2.24, 2.45) is 0 Å². The van der Waals surface area contributed by atoms with Gasteiger partial charge in [0.1, 0.15) is 5.75 Å². The SMILES string of the molecule is COc1ccc(CCC2(O)CCNC2)cc1Cl. The lowest BCUT2D eigenvalue weighted by Crippen LogP contribution is -2.31. The Hall–Kier alpha value is -0.770. The molecule has 3 nitrogen and oxygen atoms in total. The van der Waals surface area contributed by atoms with E-state index in [4.69, 9.17) is 16.3 Å². The fourth-order valence-corrected chi connectivity index (χ4v) is 2.47. The van der Waals surface area contributed by atoms with Gasteiger partial charge in [-0.1, -0.05) is 17.7 Å². The van der Waals surface area contributed by atoms with Gasteiger partial charge in [0.25, 0.3) is 0 Å². The van der Waals surface area contributed by atoms with E-state index in [0.29, 0.717) is 17.3 Å². The molecule has 2 N–H and O–H groups in total. The summed E-state index contributed by atoms with van der Waals surface area (Å²) in [5.41, 5.74) is 0.586. The van der Waals surface area contributed by atoms with Gasteiger partial charge >= 0.3 is 0 Å². The third-order valence-electron chi connectivity index (χ3n) is 3.32. The predicted molar refractivity (Wildman–Crippen MR) is 68.8 cm³/mol. The standard InChI is InChI=1S/C13H18ClNO2/c1-17-12-3-2-10(8-11(12)14)4-5-13(16)6-7-15-9-13/h2-3,8,15-16H,4-7,9H2,1H3. The lowest BCUT2D eigenvalue weighted by atomic mass is 9.94. The second-order valence-corrected chi connectivity index (χ2v) is 5.03. The van der Waals surface area contributed by atoms with Gasteiger partial charge in [0.05, 0.1) is 17.7 Å². The number of benzene rings is 1. The molecule has 0 aromatic heterocycles. The molecule has 1 atom stereocenters. The van der Waals surface area contributed by atoms with Crippen molar-refractivity contribution in [2.45, 2.75) is 24.9 Å². The summed E-state index contributed by atoms with van der Waals surface area (Å²) < 4.78 is 5.11. The maximum atomic E-state index is 10.2.